The summed E-state index contributed by atoms with van der Waals surface area (Å²) >= 11 is 0. The molecule has 0 spiro atoms. The zero-order valence-corrected chi connectivity index (χ0v) is 13.1. The maximum Gasteiger partial charge on any atom is 0.340 e. The first-order chi connectivity index (χ1) is 10.4. The summed E-state index contributed by atoms with van der Waals surface area (Å²) < 4.78 is 18.9. The predicted molar refractivity (Wildman–Crippen MR) is 80.3 cm³/mol. The van der Waals surface area contributed by atoms with Crippen LogP contribution in [0.1, 0.15) is 42.6 Å². The Hall–Kier alpha value is -1.91. The second-order valence-corrected chi connectivity index (χ2v) is 6.35. The van der Waals surface area contributed by atoms with Gasteiger partial charge in [0, 0.05) is 13.0 Å². The first-order valence-electron chi connectivity index (χ1n) is 7.64. The summed E-state index contributed by atoms with van der Waals surface area (Å²) in [4.78, 5) is 25.5. The molecule has 0 aromatic heterocycles. The molecule has 1 saturated carbocycles. The van der Waals surface area contributed by atoms with Gasteiger partial charge in [-0.1, -0.05) is 6.92 Å². The Kier molecular flexibility index (Phi) is 3.67. The van der Waals surface area contributed by atoms with E-state index in [-0.39, 0.29) is 17.5 Å². The number of amides is 1. The van der Waals surface area contributed by atoms with Gasteiger partial charge in [-0.3, -0.25) is 4.79 Å². The number of hydrogen-bond acceptors (Lipinski definition) is 3. The molecule has 2 atom stereocenters. The molecule has 1 aliphatic heterocycles. The largest absolute Gasteiger partial charge is 0.465 e. The third-order valence-corrected chi connectivity index (χ3v) is 4.70. The van der Waals surface area contributed by atoms with E-state index < -0.39 is 11.8 Å². The Balaban J connectivity index is 2.09. The van der Waals surface area contributed by atoms with Gasteiger partial charge in [0.15, 0.2) is 0 Å². The van der Waals surface area contributed by atoms with Gasteiger partial charge in [0.2, 0.25) is 5.91 Å². The van der Waals surface area contributed by atoms with Crippen LogP contribution in [-0.4, -0.2) is 25.0 Å². The Morgan fingerprint density at radius 1 is 1.32 bits per heavy atom. The number of rotatable bonds is 2. The number of halogens is 1. The summed E-state index contributed by atoms with van der Waals surface area (Å²) in [6.07, 6.45) is 2.98. The number of carbonyl (C=O) groups excluding carboxylic acids is 2. The van der Waals surface area contributed by atoms with Crippen LogP contribution in [0.5, 0.6) is 0 Å². The summed E-state index contributed by atoms with van der Waals surface area (Å²) in [5.41, 5.74) is 1.37. The van der Waals surface area contributed by atoms with Crippen LogP contribution in [0.2, 0.25) is 0 Å². The first kappa shape index (κ1) is 15.0. The van der Waals surface area contributed by atoms with Gasteiger partial charge >= 0.3 is 5.97 Å². The normalized spacial score (nSPS) is 23.9. The highest BCUT2D eigenvalue weighted by atomic mass is 19.1. The van der Waals surface area contributed by atoms with Crippen molar-refractivity contribution in [1.82, 2.24) is 0 Å². The van der Waals surface area contributed by atoms with E-state index in [9.17, 15) is 14.0 Å². The molecule has 2 aliphatic rings. The fourth-order valence-corrected chi connectivity index (χ4v) is 3.64. The number of carbonyl (C=O) groups is 2. The van der Waals surface area contributed by atoms with Crippen LogP contribution in [0.4, 0.5) is 10.1 Å². The van der Waals surface area contributed by atoms with Crippen molar-refractivity contribution in [2.45, 2.75) is 39.2 Å². The average molecular weight is 305 g/mol. The number of ether oxygens (including phenoxy) is 1. The van der Waals surface area contributed by atoms with Crippen molar-refractivity contribution in [3.8, 4) is 0 Å². The van der Waals surface area contributed by atoms with E-state index in [1.54, 1.807) is 4.90 Å². The van der Waals surface area contributed by atoms with E-state index >= 15 is 0 Å². The van der Waals surface area contributed by atoms with E-state index in [4.69, 9.17) is 0 Å². The molecule has 1 aromatic carbocycles. The van der Waals surface area contributed by atoms with Gasteiger partial charge in [-0.2, -0.15) is 0 Å². The molecule has 5 heteroatoms. The van der Waals surface area contributed by atoms with Gasteiger partial charge in [-0.25, -0.2) is 9.18 Å². The van der Waals surface area contributed by atoms with Gasteiger partial charge in [0.05, 0.1) is 18.4 Å². The van der Waals surface area contributed by atoms with Gasteiger partial charge < -0.3 is 9.64 Å². The van der Waals surface area contributed by atoms with Crippen molar-refractivity contribution >= 4 is 17.6 Å². The Morgan fingerprint density at radius 2 is 2.00 bits per heavy atom. The third kappa shape index (κ3) is 2.38. The highest BCUT2D eigenvalue weighted by molar-refractivity contribution is 5.96. The molecule has 22 heavy (non-hydrogen) atoms. The molecule has 1 aromatic rings. The van der Waals surface area contributed by atoms with Gasteiger partial charge in [-0.05, 0) is 48.8 Å². The maximum absolute atomic E-state index is 14.3. The fourth-order valence-electron chi connectivity index (χ4n) is 3.64. The van der Waals surface area contributed by atoms with Crippen LogP contribution in [-0.2, 0) is 16.0 Å². The molecule has 1 amide bonds. The summed E-state index contributed by atoms with van der Waals surface area (Å²) in [6.45, 7) is 3.63. The summed E-state index contributed by atoms with van der Waals surface area (Å²) in [5.74, 6) is -0.599. The summed E-state index contributed by atoms with van der Waals surface area (Å²) in [7, 11) is 1.23. The highest BCUT2D eigenvalue weighted by Gasteiger charge is 2.44. The topological polar surface area (TPSA) is 46.6 Å². The monoisotopic (exact) mass is 305 g/mol. The zero-order valence-electron chi connectivity index (χ0n) is 13.1. The number of benzene rings is 1. The molecule has 1 fully saturated rings. The minimum absolute atomic E-state index is 0.0678. The molecule has 0 saturated heterocycles. The van der Waals surface area contributed by atoms with Crippen LogP contribution in [0.25, 0.3) is 0 Å². The molecule has 1 heterocycles. The molecule has 0 N–H and O–H groups in total. The second kappa shape index (κ2) is 5.38. The molecule has 0 radical (unpaired) electrons. The second-order valence-electron chi connectivity index (χ2n) is 6.35. The Morgan fingerprint density at radius 3 is 2.55 bits per heavy atom. The third-order valence-electron chi connectivity index (χ3n) is 4.70. The average Bonchev–Trinajstić information content (AvgIpc) is 3.29. The number of hydrogen-bond donors (Lipinski definition) is 0. The summed E-state index contributed by atoms with van der Waals surface area (Å²) in [6, 6.07) is 2.98. The lowest BCUT2D eigenvalue weighted by Crippen LogP contribution is -2.48. The standard InChI is InChI=1S/C17H20FNO3/c1-9-6-12-7-13(17(21)22-3)14(18)8-15(12)19(10(2)20)16(9)11-4-5-11/h7-9,11,16H,4-6H2,1-3H3/t9?,16-/m1/s1. The van der Waals surface area contributed by atoms with E-state index in [1.807, 2.05) is 0 Å². The molecule has 4 nitrogen and oxygen atoms in total. The lowest BCUT2D eigenvalue weighted by molar-refractivity contribution is -0.117. The van der Waals surface area contributed by atoms with Crippen LogP contribution in [0.3, 0.4) is 0 Å². The highest BCUT2D eigenvalue weighted by Crippen LogP contribution is 2.45. The fraction of sp³-hybridized carbons (Fsp3) is 0.529. The molecular weight excluding hydrogens is 285 g/mol. The molecule has 3 rings (SSSR count). The molecule has 1 unspecified atom stereocenters. The van der Waals surface area contributed by atoms with Gasteiger partial charge in [-0.15, -0.1) is 0 Å². The van der Waals surface area contributed by atoms with Crippen LogP contribution < -0.4 is 4.90 Å². The lowest BCUT2D eigenvalue weighted by atomic mass is 9.83. The number of methoxy groups -OCH3 is 1. The Labute approximate surface area is 129 Å². The SMILES string of the molecule is COC(=O)c1cc2c(cc1F)N(C(C)=O)[C@@H](C1CC1)C(C)C2. The van der Waals surface area contributed by atoms with Gasteiger partial charge in [0.1, 0.15) is 5.82 Å². The lowest BCUT2D eigenvalue weighted by Gasteiger charge is -2.41. The Bertz CT molecular complexity index is 639. The molecular formula is C17H20FNO3. The molecule has 1 aliphatic carbocycles. The van der Waals surface area contributed by atoms with E-state index in [1.165, 1.54) is 26.2 Å². The van der Waals surface area contributed by atoms with E-state index in [2.05, 4.69) is 11.7 Å². The van der Waals surface area contributed by atoms with Crippen molar-refractivity contribution < 1.29 is 18.7 Å². The molecule has 118 valence electrons. The summed E-state index contributed by atoms with van der Waals surface area (Å²) in [5, 5.41) is 0. The van der Waals surface area contributed by atoms with Crippen LogP contribution >= 0.6 is 0 Å². The maximum atomic E-state index is 14.3. The van der Waals surface area contributed by atoms with Crippen molar-refractivity contribution in [1.29, 1.82) is 0 Å². The first-order valence-corrected chi connectivity index (χ1v) is 7.64. The number of esters is 1. The number of anilines is 1. The van der Waals surface area contributed by atoms with Crippen molar-refractivity contribution in [3.63, 3.8) is 0 Å². The van der Waals surface area contributed by atoms with Crippen molar-refractivity contribution in [3.05, 3.63) is 29.1 Å². The molecule has 0 bridgehead atoms. The van der Waals surface area contributed by atoms with Crippen molar-refractivity contribution in [2.24, 2.45) is 11.8 Å². The number of nitrogens with zero attached hydrogens (tertiary/aromatic N) is 1. The predicted octanol–water partition coefficient (Wildman–Crippen LogP) is 2.94. The van der Waals surface area contributed by atoms with Crippen LogP contribution in [0.15, 0.2) is 12.1 Å². The zero-order chi connectivity index (χ0) is 16.0. The van der Waals surface area contributed by atoms with Crippen molar-refractivity contribution in [2.75, 3.05) is 12.0 Å². The van der Waals surface area contributed by atoms with E-state index in [0.29, 0.717) is 17.5 Å². The van der Waals surface area contributed by atoms with Crippen LogP contribution in [0, 0.1) is 17.7 Å². The smallest absolute Gasteiger partial charge is 0.340 e. The number of fused-ring (bicyclic) bond motifs is 1. The van der Waals surface area contributed by atoms with Gasteiger partial charge in [0.25, 0.3) is 0 Å². The minimum atomic E-state index is -0.688. The minimum Gasteiger partial charge on any atom is -0.465 e. The van der Waals surface area contributed by atoms with E-state index in [0.717, 1.165) is 24.8 Å². The quantitative estimate of drug-likeness (QED) is 0.789.